The number of ether oxygens (including phenoxy) is 2. The van der Waals surface area contributed by atoms with Gasteiger partial charge in [0.25, 0.3) is 0 Å². The zero-order valence-electron chi connectivity index (χ0n) is 12.2. The van der Waals surface area contributed by atoms with Gasteiger partial charge < -0.3 is 27.1 Å². The number of hydrogen-bond acceptors (Lipinski definition) is 8. The van der Waals surface area contributed by atoms with Gasteiger partial charge in [-0.3, -0.25) is 0 Å². The minimum atomic E-state index is -0.735. The molecule has 0 spiro atoms. The van der Waals surface area contributed by atoms with E-state index < -0.39 is 11.6 Å². The van der Waals surface area contributed by atoms with E-state index in [-0.39, 0.29) is 13.2 Å². The van der Waals surface area contributed by atoms with Crippen molar-refractivity contribution in [1.82, 2.24) is 0 Å². The predicted molar refractivity (Wildman–Crippen MR) is 72.4 cm³/mol. The Balaban J connectivity index is 1.60. The molecule has 0 fully saturated rings. The molecule has 0 aliphatic heterocycles. The standard InChI is InChI=1S/C14H16O8/c1-9-11(21-13(15)19-9)7-17-5-3-4-6-18-8-12-10(2)20-14(16)22-12/h3-4H,5-8H2,1-2H3/b4-3+. The molecule has 0 amide bonds. The van der Waals surface area contributed by atoms with E-state index >= 15 is 0 Å². The number of aryl methyl sites for hydroxylation is 2. The Morgan fingerprint density at radius 3 is 1.50 bits per heavy atom. The summed E-state index contributed by atoms with van der Waals surface area (Å²) in [4.78, 5) is 21.6. The molecule has 8 nitrogen and oxygen atoms in total. The van der Waals surface area contributed by atoms with Gasteiger partial charge in [0.1, 0.15) is 24.7 Å². The summed E-state index contributed by atoms with van der Waals surface area (Å²) in [5.41, 5.74) is 0. The maximum absolute atomic E-state index is 10.8. The van der Waals surface area contributed by atoms with Crippen LogP contribution in [0.1, 0.15) is 23.0 Å². The highest BCUT2D eigenvalue weighted by molar-refractivity contribution is 4.99. The van der Waals surface area contributed by atoms with Crippen molar-refractivity contribution in [2.75, 3.05) is 13.2 Å². The number of rotatable bonds is 8. The molecule has 0 unspecified atom stereocenters. The van der Waals surface area contributed by atoms with Gasteiger partial charge in [0.15, 0.2) is 11.5 Å². The van der Waals surface area contributed by atoms with E-state index in [0.29, 0.717) is 36.3 Å². The molecule has 0 aliphatic carbocycles. The van der Waals surface area contributed by atoms with Crippen molar-refractivity contribution in [3.05, 3.63) is 56.4 Å². The topological polar surface area (TPSA) is 105 Å². The summed E-state index contributed by atoms with van der Waals surface area (Å²) in [5.74, 6) is 0.103. The minimum absolute atomic E-state index is 0.155. The minimum Gasteiger partial charge on any atom is -0.396 e. The molecule has 0 atom stereocenters. The quantitative estimate of drug-likeness (QED) is 0.535. The van der Waals surface area contributed by atoms with E-state index in [9.17, 15) is 9.59 Å². The van der Waals surface area contributed by atoms with E-state index in [1.165, 1.54) is 0 Å². The average Bonchev–Trinajstić information content (AvgIpc) is 2.94. The Morgan fingerprint density at radius 2 is 1.18 bits per heavy atom. The normalized spacial score (nSPS) is 11.5. The molecule has 0 radical (unpaired) electrons. The van der Waals surface area contributed by atoms with Gasteiger partial charge in [0.2, 0.25) is 0 Å². The SMILES string of the molecule is Cc1oc(=O)oc1COC/C=C/COCc1oc(=O)oc1C. The molecular weight excluding hydrogens is 296 g/mol. The number of hydrogen-bond donors (Lipinski definition) is 0. The molecule has 0 N–H and O–H groups in total. The van der Waals surface area contributed by atoms with Crippen LogP contribution in [-0.4, -0.2) is 13.2 Å². The van der Waals surface area contributed by atoms with E-state index in [0.717, 1.165) is 0 Å². The Hall–Kier alpha value is -2.32. The first-order chi connectivity index (χ1) is 10.6. The zero-order chi connectivity index (χ0) is 15.9. The van der Waals surface area contributed by atoms with Crippen LogP contribution in [0, 0.1) is 13.8 Å². The fourth-order valence-corrected chi connectivity index (χ4v) is 1.59. The van der Waals surface area contributed by atoms with Gasteiger partial charge in [-0.15, -0.1) is 0 Å². The summed E-state index contributed by atoms with van der Waals surface area (Å²) in [6.45, 7) is 4.23. The first kappa shape index (κ1) is 16.1. The van der Waals surface area contributed by atoms with Crippen LogP contribution in [0.3, 0.4) is 0 Å². The van der Waals surface area contributed by atoms with E-state index in [1.54, 1.807) is 26.0 Å². The maximum Gasteiger partial charge on any atom is 0.519 e. The van der Waals surface area contributed by atoms with Crippen LogP contribution >= 0.6 is 0 Å². The highest BCUT2D eigenvalue weighted by Gasteiger charge is 2.08. The van der Waals surface area contributed by atoms with Crippen LogP contribution in [0.5, 0.6) is 0 Å². The van der Waals surface area contributed by atoms with Gasteiger partial charge in [-0.1, -0.05) is 12.2 Å². The summed E-state index contributed by atoms with van der Waals surface area (Å²) in [5, 5.41) is 0. The molecule has 0 saturated heterocycles. The lowest BCUT2D eigenvalue weighted by atomic mass is 10.4. The van der Waals surface area contributed by atoms with Crippen LogP contribution in [0.15, 0.2) is 39.4 Å². The summed E-state index contributed by atoms with van der Waals surface area (Å²) in [6.07, 6.45) is 3.51. The van der Waals surface area contributed by atoms with Crippen LogP contribution < -0.4 is 11.6 Å². The van der Waals surface area contributed by atoms with Crippen molar-refractivity contribution in [3.8, 4) is 0 Å². The third kappa shape index (κ3) is 4.61. The van der Waals surface area contributed by atoms with Gasteiger partial charge >= 0.3 is 11.6 Å². The van der Waals surface area contributed by atoms with Gasteiger partial charge in [0.05, 0.1) is 13.2 Å². The monoisotopic (exact) mass is 312 g/mol. The predicted octanol–water partition coefficient (Wildman–Crippen LogP) is 1.69. The fourth-order valence-electron chi connectivity index (χ4n) is 1.59. The average molecular weight is 312 g/mol. The molecule has 2 heterocycles. The van der Waals surface area contributed by atoms with Crippen molar-refractivity contribution in [1.29, 1.82) is 0 Å². The summed E-state index contributed by atoms with van der Waals surface area (Å²) < 4.78 is 29.5. The molecule has 22 heavy (non-hydrogen) atoms. The van der Waals surface area contributed by atoms with E-state index in [2.05, 4.69) is 0 Å². The Labute approximate surface area is 124 Å². The Morgan fingerprint density at radius 1 is 0.773 bits per heavy atom. The van der Waals surface area contributed by atoms with Gasteiger partial charge in [-0.2, -0.15) is 0 Å². The van der Waals surface area contributed by atoms with Gasteiger partial charge in [0, 0.05) is 0 Å². The lowest BCUT2D eigenvalue weighted by molar-refractivity contribution is 0.122. The molecule has 8 heteroatoms. The lowest BCUT2D eigenvalue weighted by Crippen LogP contribution is -1.96. The molecular formula is C14H16O8. The maximum atomic E-state index is 10.8. The van der Waals surface area contributed by atoms with Crippen molar-refractivity contribution in [2.45, 2.75) is 27.1 Å². The van der Waals surface area contributed by atoms with Crippen molar-refractivity contribution >= 4 is 0 Å². The highest BCUT2D eigenvalue weighted by atomic mass is 16.6. The third-order valence-corrected chi connectivity index (χ3v) is 2.73. The molecule has 120 valence electrons. The van der Waals surface area contributed by atoms with Gasteiger partial charge in [-0.05, 0) is 13.8 Å². The first-order valence-corrected chi connectivity index (χ1v) is 6.55. The van der Waals surface area contributed by atoms with Crippen LogP contribution in [-0.2, 0) is 22.7 Å². The van der Waals surface area contributed by atoms with Gasteiger partial charge in [-0.25, -0.2) is 9.59 Å². The largest absolute Gasteiger partial charge is 0.519 e. The van der Waals surface area contributed by atoms with Crippen LogP contribution in [0.4, 0.5) is 0 Å². The molecule has 0 aromatic carbocycles. The van der Waals surface area contributed by atoms with Crippen LogP contribution in [0.25, 0.3) is 0 Å². The smallest absolute Gasteiger partial charge is 0.396 e. The fraction of sp³-hybridized carbons (Fsp3) is 0.429. The van der Waals surface area contributed by atoms with E-state index in [1.807, 2.05) is 0 Å². The zero-order valence-corrected chi connectivity index (χ0v) is 12.2. The summed E-state index contributed by atoms with van der Waals surface area (Å²) in [7, 11) is 0. The molecule has 2 aromatic rings. The molecule has 0 bridgehead atoms. The van der Waals surface area contributed by atoms with E-state index in [4.69, 9.17) is 27.1 Å². The summed E-state index contributed by atoms with van der Waals surface area (Å²) in [6, 6.07) is 0. The highest BCUT2D eigenvalue weighted by Crippen LogP contribution is 2.07. The molecule has 2 aromatic heterocycles. The molecule has 0 saturated carbocycles. The second-order valence-electron chi connectivity index (χ2n) is 4.37. The first-order valence-electron chi connectivity index (χ1n) is 6.55. The van der Waals surface area contributed by atoms with Crippen molar-refractivity contribution in [2.24, 2.45) is 0 Å². The second kappa shape index (κ2) is 7.62. The van der Waals surface area contributed by atoms with Crippen LogP contribution in [0.2, 0.25) is 0 Å². The Bertz CT molecular complexity index is 664. The summed E-state index contributed by atoms with van der Waals surface area (Å²) >= 11 is 0. The van der Waals surface area contributed by atoms with Crippen molar-refractivity contribution < 1.29 is 27.1 Å². The lowest BCUT2D eigenvalue weighted by Gasteiger charge is -1.98. The third-order valence-electron chi connectivity index (χ3n) is 2.73. The Kier molecular flexibility index (Phi) is 5.56. The second-order valence-corrected chi connectivity index (χ2v) is 4.37. The molecule has 0 aliphatic rings. The van der Waals surface area contributed by atoms with Crippen molar-refractivity contribution in [3.63, 3.8) is 0 Å². The molecule has 2 rings (SSSR count).